The highest BCUT2D eigenvalue weighted by Gasteiger charge is 2.17. The number of benzene rings is 3. The molecule has 3 aromatic rings. The zero-order valence-electron chi connectivity index (χ0n) is 19.2. The molecule has 1 aliphatic rings. The van der Waals surface area contributed by atoms with E-state index < -0.39 is 11.8 Å². The Bertz CT molecular complexity index is 1340. The summed E-state index contributed by atoms with van der Waals surface area (Å²) < 4.78 is 16.5. The highest BCUT2D eigenvalue weighted by atomic mass is 79.9. The maximum Gasteiger partial charge on any atom is 0.287 e. The second-order valence-corrected chi connectivity index (χ2v) is 8.33. The lowest BCUT2D eigenvalue weighted by Crippen LogP contribution is -2.32. The Balaban J connectivity index is 1.56. The SMILES string of the molecule is CCOc1cc(C=NNC(=O)C(=Cc2ccc3c(c2)OCO3)NC(=O)c2ccccc2)cc(Br)c1O. The van der Waals surface area contributed by atoms with E-state index in [0.717, 1.165) is 0 Å². The molecule has 9 nitrogen and oxygen atoms in total. The molecule has 3 aromatic carbocycles. The summed E-state index contributed by atoms with van der Waals surface area (Å²) in [4.78, 5) is 25.7. The van der Waals surface area contributed by atoms with Crippen LogP contribution in [0, 0.1) is 0 Å². The zero-order chi connectivity index (χ0) is 25.5. The summed E-state index contributed by atoms with van der Waals surface area (Å²) >= 11 is 3.26. The molecule has 0 spiro atoms. The van der Waals surface area contributed by atoms with E-state index in [0.29, 0.717) is 39.3 Å². The second kappa shape index (κ2) is 11.4. The molecule has 3 N–H and O–H groups in total. The quantitative estimate of drug-likeness (QED) is 0.219. The maximum atomic E-state index is 13.0. The van der Waals surface area contributed by atoms with Crippen molar-refractivity contribution in [2.45, 2.75) is 6.92 Å². The average Bonchev–Trinajstić information content (AvgIpc) is 3.35. The largest absolute Gasteiger partial charge is 0.503 e. The van der Waals surface area contributed by atoms with Crippen LogP contribution >= 0.6 is 15.9 Å². The van der Waals surface area contributed by atoms with Gasteiger partial charge in [0.15, 0.2) is 23.0 Å². The van der Waals surface area contributed by atoms with Crippen LogP contribution in [0.25, 0.3) is 6.08 Å². The highest BCUT2D eigenvalue weighted by molar-refractivity contribution is 9.10. The molecule has 1 heterocycles. The summed E-state index contributed by atoms with van der Waals surface area (Å²) in [6.45, 7) is 2.28. The molecule has 0 radical (unpaired) electrons. The predicted octanol–water partition coefficient (Wildman–Crippen LogP) is 4.20. The van der Waals surface area contributed by atoms with E-state index in [4.69, 9.17) is 14.2 Å². The Kier molecular flexibility index (Phi) is 7.86. The van der Waals surface area contributed by atoms with Crippen LogP contribution in [-0.2, 0) is 4.79 Å². The van der Waals surface area contributed by atoms with Gasteiger partial charge in [-0.25, -0.2) is 5.43 Å². The van der Waals surface area contributed by atoms with Gasteiger partial charge in [0.25, 0.3) is 11.8 Å². The van der Waals surface area contributed by atoms with Gasteiger partial charge in [-0.15, -0.1) is 0 Å². The first kappa shape index (κ1) is 24.8. The van der Waals surface area contributed by atoms with Gasteiger partial charge in [0.1, 0.15) is 5.70 Å². The lowest BCUT2D eigenvalue weighted by Gasteiger charge is -2.10. The van der Waals surface area contributed by atoms with Crippen molar-refractivity contribution >= 4 is 40.0 Å². The van der Waals surface area contributed by atoms with E-state index in [1.165, 1.54) is 12.3 Å². The van der Waals surface area contributed by atoms with Crippen LogP contribution in [0.4, 0.5) is 0 Å². The summed E-state index contributed by atoms with van der Waals surface area (Å²) in [5, 5.41) is 16.7. The van der Waals surface area contributed by atoms with Crippen LogP contribution in [-0.4, -0.2) is 36.5 Å². The topological polar surface area (TPSA) is 118 Å². The summed E-state index contributed by atoms with van der Waals surface area (Å²) in [7, 11) is 0. The molecule has 0 fully saturated rings. The first-order valence-corrected chi connectivity index (χ1v) is 11.7. The predicted molar refractivity (Wildman–Crippen MR) is 137 cm³/mol. The lowest BCUT2D eigenvalue weighted by molar-refractivity contribution is -0.117. The van der Waals surface area contributed by atoms with Crippen LogP contribution in [0.2, 0.25) is 0 Å². The smallest absolute Gasteiger partial charge is 0.287 e. The van der Waals surface area contributed by atoms with Gasteiger partial charge in [0.05, 0.1) is 17.3 Å². The first-order chi connectivity index (χ1) is 17.4. The number of hydrogen-bond donors (Lipinski definition) is 3. The zero-order valence-corrected chi connectivity index (χ0v) is 20.7. The molecule has 0 aromatic heterocycles. The summed E-state index contributed by atoms with van der Waals surface area (Å²) in [5.74, 6) is 0.289. The number of carbonyl (C=O) groups is 2. The number of halogens is 1. The maximum absolute atomic E-state index is 13.0. The van der Waals surface area contributed by atoms with Gasteiger partial charge in [0.2, 0.25) is 6.79 Å². The number of fused-ring (bicyclic) bond motifs is 1. The number of phenolic OH excluding ortho intramolecular Hbond substituents is 1. The number of ether oxygens (including phenoxy) is 3. The van der Waals surface area contributed by atoms with Crippen LogP contribution < -0.4 is 25.0 Å². The molecule has 0 aliphatic carbocycles. The van der Waals surface area contributed by atoms with E-state index in [1.807, 2.05) is 0 Å². The molecule has 0 bridgehead atoms. The van der Waals surface area contributed by atoms with Gasteiger partial charge in [-0.3, -0.25) is 9.59 Å². The van der Waals surface area contributed by atoms with Crippen molar-refractivity contribution < 1.29 is 28.9 Å². The van der Waals surface area contributed by atoms with Gasteiger partial charge in [-0.1, -0.05) is 24.3 Å². The number of amides is 2. The molecule has 184 valence electrons. The molecule has 0 saturated carbocycles. The van der Waals surface area contributed by atoms with Crippen molar-refractivity contribution in [3.8, 4) is 23.0 Å². The molecule has 1 aliphatic heterocycles. The fourth-order valence-electron chi connectivity index (χ4n) is 3.27. The van der Waals surface area contributed by atoms with Gasteiger partial charge < -0.3 is 24.6 Å². The Labute approximate surface area is 215 Å². The molecule has 0 saturated heterocycles. The van der Waals surface area contributed by atoms with Gasteiger partial charge in [-0.2, -0.15) is 5.10 Å². The summed E-state index contributed by atoms with van der Waals surface area (Å²) in [5.41, 5.74) is 3.97. The molecule has 0 unspecified atom stereocenters. The lowest BCUT2D eigenvalue weighted by atomic mass is 10.1. The Morgan fingerprint density at radius 2 is 1.86 bits per heavy atom. The summed E-state index contributed by atoms with van der Waals surface area (Å²) in [6, 6.07) is 16.9. The van der Waals surface area contributed by atoms with Gasteiger partial charge in [0, 0.05) is 5.56 Å². The third kappa shape index (κ3) is 6.02. The number of carbonyl (C=O) groups excluding carboxylic acids is 2. The third-order valence-corrected chi connectivity index (χ3v) is 5.57. The second-order valence-electron chi connectivity index (χ2n) is 7.47. The molecular formula is C26H22BrN3O6. The van der Waals surface area contributed by atoms with Crippen molar-refractivity contribution in [3.05, 3.63) is 87.5 Å². The van der Waals surface area contributed by atoms with Crippen molar-refractivity contribution in [1.29, 1.82) is 0 Å². The standard InChI is InChI=1S/C26H22BrN3O6/c1-2-34-23-13-17(10-19(27)24(23)31)14-28-30-26(33)20(29-25(32)18-6-4-3-5-7-18)11-16-8-9-21-22(12-16)36-15-35-21/h3-14,31H,2,15H2,1H3,(H,29,32)(H,30,33). The minimum atomic E-state index is -0.643. The van der Waals surface area contributed by atoms with E-state index in [9.17, 15) is 14.7 Å². The normalized spacial score (nSPS) is 12.4. The fourth-order valence-corrected chi connectivity index (χ4v) is 3.73. The van der Waals surface area contributed by atoms with Gasteiger partial charge in [-0.05, 0) is 76.5 Å². The fraction of sp³-hybridized carbons (Fsp3) is 0.115. The molecule has 0 atom stereocenters. The molecule has 10 heteroatoms. The minimum absolute atomic E-state index is 0.0261. The molecule has 2 amide bonds. The number of hydrogen-bond acceptors (Lipinski definition) is 7. The van der Waals surface area contributed by atoms with Gasteiger partial charge >= 0.3 is 0 Å². The Morgan fingerprint density at radius 1 is 1.08 bits per heavy atom. The number of nitrogens with zero attached hydrogens (tertiary/aromatic N) is 1. The average molecular weight is 552 g/mol. The van der Waals surface area contributed by atoms with Crippen molar-refractivity contribution in [2.24, 2.45) is 5.10 Å². The van der Waals surface area contributed by atoms with Crippen molar-refractivity contribution in [2.75, 3.05) is 13.4 Å². The number of rotatable bonds is 8. The van der Waals surface area contributed by atoms with Crippen LogP contribution in [0.5, 0.6) is 23.0 Å². The summed E-state index contributed by atoms with van der Waals surface area (Å²) in [6.07, 6.45) is 2.90. The Morgan fingerprint density at radius 3 is 2.64 bits per heavy atom. The van der Waals surface area contributed by atoms with E-state index in [-0.39, 0.29) is 24.0 Å². The van der Waals surface area contributed by atoms with Crippen molar-refractivity contribution in [3.63, 3.8) is 0 Å². The number of phenols is 1. The highest BCUT2D eigenvalue weighted by Crippen LogP contribution is 2.35. The number of nitrogens with one attached hydrogen (secondary N) is 2. The Hall–Kier alpha value is -4.31. The third-order valence-electron chi connectivity index (χ3n) is 4.97. The minimum Gasteiger partial charge on any atom is -0.503 e. The van der Waals surface area contributed by atoms with Crippen LogP contribution in [0.1, 0.15) is 28.4 Å². The molecule has 4 rings (SSSR count). The first-order valence-electron chi connectivity index (χ1n) is 10.9. The van der Waals surface area contributed by atoms with E-state index in [2.05, 4.69) is 31.8 Å². The van der Waals surface area contributed by atoms with Crippen LogP contribution in [0.15, 0.2) is 75.9 Å². The van der Waals surface area contributed by atoms with Crippen molar-refractivity contribution in [1.82, 2.24) is 10.7 Å². The number of hydrazone groups is 1. The number of aromatic hydroxyl groups is 1. The van der Waals surface area contributed by atoms with Crippen LogP contribution in [0.3, 0.4) is 0 Å². The van der Waals surface area contributed by atoms with E-state index >= 15 is 0 Å². The van der Waals surface area contributed by atoms with E-state index in [1.54, 1.807) is 67.6 Å². The monoisotopic (exact) mass is 551 g/mol. The molecule has 36 heavy (non-hydrogen) atoms. The molecular weight excluding hydrogens is 530 g/mol.